The molecule has 0 radical (unpaired) electrons. The first-order valence-corrected chi connectivity index (χ1v) is 6.54. The molecule has 5 nitrogen and oxygen atoms in total. The highest BCUT2D eigenvalue weighted by Gasteiger charge is 2.15. The van der Waals surface area contributed by atoms with Gasteiger partial charge in [0.2, 0.25) is 0 Å². The average molecular weight is 312 g/mol. The molecule has 2 aromatic heterocycles. The van der Waals surface area contributed by atoms with Gasteiger partial charge in [0.15, 0.2) is 4.60 Å². The maximum absolute atomic E-state index is 11.7. The number of hydrogen-bond donors (Lipinski definition) is 0. The quantitative estimate of drug-likeness (QED) is 0.818. The second-order valence-corrected chi connectivity index (χ2v) is 4.89. The Labute approximate surface area is 113 Å². The monoisotopic (exact) mass is 311 g/mol. The van der Waals surface area contributed by atoms with E-state index in [4.69, 9.17) is 4.74 Å². The number of hydrogen-bond acceptors (Lipinski definition) is 4. The SMILES string of the molecule is CCOC(=O)c1cnc2c(Br)nn(C(C)C)c2c1. The smallest absolute Gasteiger partial charge is 0.339 e. The number of carbonyl (C=O) groups excluding carboxylic acids is 1. The maximum atomic E-state index is 11.7. The summed E-state index contributed by atoms with van der Waals surface area (Å²) in [7, 11) is 0. The Morgan fingerprint density at radius 3 is 2.89 bits per heavy atom. The second kappa shape index (κ2) is 5.06. The van der Waals surface area contributed by atoms with Gasteiger partial charge >= 0.3 is 5.97 Å². The number of ether oxygens (including phenoxy) is 1. The van der Waals surface area contributed by atoms with Gasteiger partial charge in [-0.25, -0.2) is 4.79 Å². The van der Waals surface area contributed by atoms with Crippen LogP contribution >= 0.6 is 15.9 Å². The van der Waals surface area contributed by atoms with E-state index in [1.807, 2.05) is 18.5 Å². The van der Waals surface area contributed by atoms with Crippen LogP contribution in [0.15, 0.2) is 16.9 Å². The van der Waals surface area contributed by atoms with Crippen LogP contribution in [0.25, 0.3) is 11.0 Å². The molecule has 0 N–H and O–H groups in total. The summed E-state index contributed by atoms with van der Waals surface area (Å²) in [6, 6.07) is 1.95. The van der Waals surface area contributed by atoms with E-state index in [1.165, 1.54) is 6.20 Å². The van der Waals surface area contributed by atoms with Crippen molar-refractivity contribution in [1.82, 2.24) is 14.8 Å². The molecule has 2 heterocycles. The Bertz CT molecular complexity index is 592. The molecule has 0 saturated carbocycles. The number of rotatable bonds is 3. The van der Waals surface area contributed by atoms with Gasteiger partial charge < -0.3 is 4.74 Å². The molecule has 2 aromatic rings. The Kier molecular flexibility index (Phi) is 3.65. The van der Waals surface area contributed by atoms with Gasteiger partial charge in [0, 0.05) is 12.2 Å². The number of esters is 1. The molecule has 0 saturated heterocycles. The number of halogens is 1. The number of carbonyl (C=O) groups is 1. The lowest BCUT2D eigenvalue weighted by Crippen LogP contribution is -2.07. The van der Waals surface area contributed by atoms with Gasteiger partial charge in [0.1, 0.15) is 5.52 Å². The molecule has 96 valence electrons. The summed E-state index contributed by atoms with van der Waals surface area (Å²) < 4.78 is 7.47. The van der Waals surface area contributed by atoms with Crippen LogP contribution in [0.3, 0.4) is 0 Å². The molecule has 0 aliphatic heterocycles. The van der Waals surface area contributed by atoms with Crippen LogP contribution in [0.4, 0.5) is 0 Å². The zero-order valence-electron chi connectivity index (χ0n) is 10.5. The minimum atomic E-state index is -0.362. The minimum absolute atomic E-state index is 0.193. The first-order valence-electron chi connectivity index (χ1n) is 5.75. The number of fused-ring (bicyclic) bond motifs is 1. The molecular weight excluding hydrogens is 298 g/mol. The van der Waals surface area contributed by atoms with E-state index >= 15 is 0 Å². The van der Waals surface area contributed by atoms with Crippen LogP contribution in [0.1, 0.15) is 37.2 Å². The lowest BCUT2D eigenvalue weighted by molar-refractivity contribution is 0.0526. The Morgan fingerprint density at radius 2 is 2.28 bits per heavy atom. The maximum Gasteiger partial charge on any atom is 0.339 e. The molecule has 0 aliphatic rings. The van der Waals surface area contributed by atoms with Crippen molar-refractivity contribution in [3.63, 3.8) is 0 Å². The largest absolute Gasteiger partial charge is 0.462 e. The molecule has 0 atom stereocenters. The third-order valence-electron chi connectivity index (χ3n) is 2.51. The van der Waals surface area contributed by atoms with E-state index in [-0.39, 0.29) is 12.0 Å². The molecule has 6 heteroatoms. The Morgan fingerprint density at radius 1 is 1.56 bits per heavy atom. The zero-order valence-corrected chi connectivity index (χ0v) is 12.1. The van der Waals surface area contributed by atoms with Gasteiger partial charge in [-0.3, -0.25) is 9.67 Å². The van der Waals surface area contributed by atoms with Crippen LogP contribution in [-0.2, 0) is 4.74 Å². The minimum Gasteiger partial charge on any atom is -0.462 e. The Balaban J connectivity index is 2.55. The fraction of sp³-hybridized carbons (Fsp3) is 0.417. The van der Waals surface area contributed by atoms with Crippen molar-refractivity contribution in [2.24, 2.45) is 0 Å². The molecule has 0 spiro atoms. The molecule has 0 bridgehead atoms. The molecular formula is C12H14BrN3O2. The molecule has 18 heavy (non-hydrogen) atoms. The van der Waals surface area contributed by atoms with Crippen molar-refractivity contribution in [1.29, 1.82) is 0 Å². The number of nitrogens with zero attached hydrogens (tertiary/aromatic N) is 3. The van der Waals surface area contributed by atoms with Crippen molar-refractivity contribution in [2.75, 3.05) is 6.61 Å². The molecule has 0 aromatic carbocycles. The van der Waals surface area contributed by atoms with Gasteiger partial charge in [-0.15, -0.1) is 0 Å². The number of aromatic nitrogens is 3. The van der Waals surface area contributed by atoms with Crippen molar-refractivity contribution in [3.8, 4) is 0 Å². The summed E-state index contributed by atoms with van der Waals surface area (Å²) in [6.45, 7) is 6.18. The highest BCUT2D eigenvalue weighted by Crippen LogP contribution is 2.24. The van der Waals surface area contributed by atoms with Gasteiger partial charge in [0.05, 0.1) is 17.7 Å². The topological polar surface area (TPSA) is 57.0 Å². The van der Waals surface area contributed by atoms with E-state index in [0.717, 1.165) is 11.0 Å². The lowest BCUT2D eigenvalue weighted by Gasteiger charge is -2.07. The van der Waals surface area contributed by atoms with Crippen molar-refractivity contribution in [2.45, 2.75) is 26.8 Å². The van der Waals surface area contributed by atoms with Crippen molar-refractivity contribution < 1.29 is 9.53 Å². The molecule has 0 aliphatic carbocycles. The third kappa shape index (κ3) is 2.25. The van der Waals surface area contributed by atoms with Crippen LogP contribution < -0.4 is 0 Å². The summed E-state index contributed by atoms with van der Waals surface area (Å²) in [5.41, 5.74) is 2.01. The van der Waals surface area contributed by atoms with E-state index in [1.54, 1.807) is 13.0 Å². The highest BCUT2D eigenvalue weighted by atomic mass is 79.9. The van der Waals surface area contributed by atoms with E-state index in [0.29, 0.717) is 16.8 Å². The Hall–Kier alpha value is -1.43. The summed E-state index contributed by atoms with van der Waals surface area (Å²) >= 11 is 3.37. The standard InChI is InChI=1S/C12H14BrN3O2/c1-4-18-12(17)8-5-9-10(14-6-8)11(13)15-16(9)7(2)3/h5-7H,4H2,1-3H3. The molecule has 0 fully saturated rings. The third-order valence-corrected chi connectivity index (χ3v) is 3.04. The van der Waals surface area contributed by atoms with E-state index in [9.17, 15) is 4.79 Å². The number of pyridine rings is 1. The van der Waals surface area contributed by atoms with Crippen molar-refractivity contribution >= 4 is 32.9 Å². The normalized spacial score (nSPS) is 11.2. The van der Waals surface area contributed by atoms with E-state index < -0.39 is 0 Å². The van der Waals surface area contributed by atoms with Gasteiger partial charge in [0.25, 0.3) is 0 Å². The zero-order chi connectivity index (χ0) is 13.3. The van der Waals surface area contributed by atoms with Crippen LogP contribution in [0.2, 0.25) is 0 Å². The fourth-order valence-corrected chi connectivity index (χ4v) is 2.18. The van der Waals surface area contributed by atoms with Crippen molar-refractivity contribution in [3.05, 3.63) is 22.4 Å². The average Bonchev–Trinajstić information content (AvgIpc) is 2.67. The highest BCUT2D eigenvalue weighted by molar-refractivity contribution is 9.10. The van der Waals surface area contributed by atoms with E-state index in [2.05, 4.69) is 26.0 Å². The first-order chi connectivity index (χ1) is 8.54. The molecule has 0 unspecified atom stereocenters. The summed E-state index contributed by atoms with van der Waals surface area (Å²) in [5.74, 6) is -0.362. The molecule has 2 rings (SSSR count). The summed E-state index contributed by atoms with van der Waals surface area (Å²) in [5, 5.41) is 4.35. The van der Waals surface area contributed by atoms with Crippen LogP contribution in [0.5, 0.6) is 0 Å². The van der Waals surface area contributed by atoms with Gasteiger partial charge in [-0.1, -0.05) is 0 Å². The predicted octanol–water partition coefficient (Wildman–Crippen LogP) is 2.95. The second-order valence-electron chi connectivity index (χ2n) is 4.14. The fourth-order valence-electron chi connectivity index (χ4n) is 1.70. The lowest BCUT2D eigenvalue weighted by atomic mass is 10.2. The predicted molar refractivity (Wildman–Crippen MR) is 71.6 cm³/mol. The first kappa shape index (κ1) is 13.0. The van der Waals surface area contributed by atoms with Gasteiger partial charge in [-0.2, -0.15) is 5.10 Å². The summed E-state index contributed by atoms with van der Waals surface area (Å²) in [6.07, 6.45) is 1.51. The van der Waals surface area contributed by atoms with Crippen LogP contribution in [0, 0.1) is 0 Å². The summed E-state index contributed by atoms with van der Waals surface area (Å²) in [4.78, 5) is 15.9. The van der Waals surface area contributed by atoms with Gasteiger partial charge in [-0.05, 0) is 42.8 Å². The van der Waals surface area contributed by atoms with Crippen LogP contribution in [-0.4, -0.2) is 27.3 Å². The molecule has 0 amide bonds.